The monoisotopic (exact) mass is 490 g/mol. The smallest absolute Gasteiger partial charge is 0.267 e. The average Bonchev–Trinajstić information content (AvgIpc) is 3.18. The quantitative estimate of drug-likeness (QED) is 0.426. The van der Waals surface area contributed by atoms with Crippen LogP contribution < -0.4 is 15.4 Å². The Morgan fingerprint density at radius 1 is 1.32 bits per heavy atom. The van der Waals surface area contributed by atoms with Crippen molar-refractivity contribution < 1.29 is 18.7 Å². The number of aliphatic imine (C=N–C) groups is 1. The van der Waals surface area contributed by atoms with E-state index in [0.29, 0.717) is 35.4 Å². The van der Waals surface area contributed by atoms with Crippen LogP contribution in [0.15, 0.2) is 45.9 Å². The van der Waals surface area contributed by atoms with Gasteiger partial charge in [0.15, 0.2) is 0 Å². The normalized spacial score (nSPS) is 19.8. The van der Waals surface area contributed by atoms with Gasteiger partial charge in [0.2, 0.25) is 5.91 Å². The number of hydrogen-bond acceptors (Lipinski definition) is 6. The third-order valence-corrected chi connectivity index (χ3v) is 5.86. The summed E-state index contributed by atoms with van der Waals surface area (Å²) >= 11 is 3.26. The fraction of sp³-hybridized carbons (Fsp3) is 0.364. The molecule has 2 aliphatic rings. The van der Waals surface area contributed by atoms with Crippen LogP contribution in [0.2, 0.25) is 0 Å². The number of halogens is 2. The number of ether oxygens (including phenoxy) is 2. The molecule has 2 aromatic carbocycles. The molecule has 31 heavy (non-hydrogen) atoms. The van der Waals surface area contributed by atoms with E-state index in [1.807, 2.05) is 23.1 Å². The largest absolute Gasteiger partial charge is 0.493 e. The van der Waals surface area contributed by atoms with Gasteiger partial charge < -0.3 is 25.0 Å². The molecule has 2 N–H and O–H groups in total. The zero-order chi connectivity index (χ0) is 21.8. The Kier molecular flexibility index (Phi) is 6.43. The Morgan fingerprint density at radius 3 is 2.94 bits per heavy atom. The minimum atomic E-state index is -1.27. The van der Waals surface area contributed by atoms with Gasteiger partial charge in [-0.25, -0.2) is 9.38 Å². The molecule has 1 fully saturated rings. The molecule has 7 nitrogen and oxygen atoms in total. The predicted octanol–water partition coefficient (Wildman–Crippen LogP) is 4.30. The highest BCUT2D eigenvalue weighted by atomic mass is 79.9. The summed E-state index contributed by atoms with van der Waals surface area (Å²) in [6.45, 7) is 2.06. The van der Waals surface area contributed by atoms with Crippen LogP contribution in [0, 0.1) is 5.82 Å². The van der Waals surface area contributed by atoms with E-state index >= 15 is 0 Å². The molecule has 2 heterocycles. The molecule has 9 heteroatoms. The molecule has 2 aliphatic heterocycles. The van der Waals surface area contributed by atoms with E-state index in [-0.39, 0.29) is 11.6 Å². The fourth-order valence-electron chi connectivity index (χ4n) is 3.76. The van der Waals surface area contributed by atoms with E-state index < -0.39 is 11.7 Å². The number of rotatable bonds is 8. The highest BCUT2D eigenvalue weighted by Crippen LogP contribution is 2.38. The lowest BCUT2D eigenvalue weighted by atomic mass is 10.1. The maximum atomic E-state index is 14.4. The number of methoxy groups -OCH3 is 1. The number of carbonyl (C=O) groups excluding carboxylic acids is 1. The van der Waals surface area contributed by atoms with E-state index in [1.165, 1.54) is 19.5 Å². The van der Waals surface area contributed by atoms with Crippen molar-refractivity contribution in [2.24, 2.45) is 4.99 Å². The molecule has 1 saturated heterocycles. The van der Waals surface area contributed by atoms with Gasteiger partial charge in [-0.15, -0.1) is 0 Å². The van der Waals surface area contributed by atoms with Crippen molar-refractivity contribution >= 4 is 39.6 Å². The lowest BCUT2D eigenvalue weighted by molar-refractivity contribution is -0.127. The van der Waals surface area contributed by atoms with Crippen molar-refractivity contribution in [3.05, 3.63) is 52.3 Å². The third-order valence-electron chi connectivity index (χ3n) is 5.37. The molecule has 0 aromatic heterocycles. The van der Waals surface area contributed by atoms with Crippen molar-refractivity contribution in [2.45, 2.75) is 25.1 Å². The first kappa shape index (κ1) is 21.6. The van der Waals surface area contributed by atoms with E-state index in [9.17, 15) is 9.18 Å². The maximum absolute atomic E-state index is 14.4. The van der Waals surface area contributed by atoms with Crippen molar-refractivity contribution in [2.75, 3.05) is 37.4 Å². The highest BCUT2D eigenvalue weighted by Gasteiger charge is 2.37. The van der Waals surface area contributed by atoms with Crippen LogP contribution in [0.5, 0.6) is 5.75 Å². The number of fused-ring (bicyclic) bond motifs is 1. The Bertz CT molecular complexity index is 1000. The number of anilines is 2. The second-order valence-corrected chi connectivity index (χ2v) is 8.31. The van der Waals surface area contributed by atoms with Gasteiger partial charge in [0.05, 0.1) is 29.9 Å². The maximum Gasteiger partial charge on any atom is 0.267 e. The minimum Gasteiger partial charge on any atom is -0.493 e. The topological polar surface area (TPSA) is 75.2 Å². The van der Waals surface area contributed by atoms with Gasteiger partial charge in [0, 0.05) is 37.2 Å². The summed E-state index contributed by atoms with van der Waals surface area (Å²) in [5.41, 5.74) is 1.72. The van der Waals surface area contributed by atoms with Gasteiger partial charge in [0.1, 0.15) is 11.6 Å². The second-order valence-electron chi connectivity index (χ2n) is 7.39. The fourth-order valence-corrected chi connectivity index (χ4v) is 4.10. The molecule has 4 rings (SSSR count). The van der Waals surface area contributed by atoms with Crippen LogP contribution in [0.25, 0.3) is 0 Å². The SMILES string of the molecule is COC1(Nc2ccc(Br)cc2F)N=CNc2cc(OCCCN3CCCC3=O)ccc21. The molecule has 0 bridgehead atoms. The van der Waals surface area contributed by atoms with Crippen LogP contribution in [0.4, 0.5) is 15.8 Å². The number of nitrogens with zero attached hydrogens (tertiary/aromatic N) is 2. The molecular formula is C22H24BrFN4O3. The molecule has 0 saturated carbocycles. The standard InChI is InChI=1S/C22H24BrFN4O3/c1-30-22(27-19-8-5-15(23)12-18(19)24)17-7-6-16(13-20(17)25-14-26-22)31-11-3-10-28-9-2-4-21(28)29/h5-8,12-14,27H,2-4,9-11H2,1H3,(H,25,26). The zero-order valence-corrected chi connectivity index (χ0v) is 18.7. The summed E-state index contributed by atoms with van der Waals surface area (Å²) in [5, 5.41) is 6.17. The summed E-state index contributed by atoms with van der Waals surface area (Å²) in [7, 11) is 1.51. The third kappa shape index (κ3) is 4.67. The van der Waals surface area contributed by atoms with Crippen molar-refractivity contribution in [1.29, 1.82) is 0 Å². The Labute approximate surface area is 188 Å². The van der Waals surface area contributed by atoms with Crippen LogP contribution in [-0.2, 0) is 15.4 Å². The minimum absolute atomic E-state index is 0.225. The van der Waals surface area contributed by atoms with Gasteiger partial charge in [-0.05, 0) is 43.2 Å². The molecule has 0 radical (unpaired) electrons. The summed E-state index contributed by atoms with van der Waals surface area (Å²) in [6.07, 6.45) is 3.87. The summed E-state index contributed by atoms with van der Waals surface area (Å²) in [5.74, 6) is -0.779. The summed E-state index contributed by atoms with van der Waals surface area (Å²) in [6, 6.07) is 10.3. The first-order valence-electron chi connectivity index (χ1n) is 10.1. The lowest BCUT2D eigenvalue weighted by Crippen LogP contribution is -2.39. The van der Waals surface area contributed by atoms with Crippen LogP contribution in [-0.4, -0.2) is 44.0 Å². The first-order valence-corrected chi connectivity index (χ1v) is 10.9. The zero-order valence-electron chi connectivity index (χ0n) is 17.2. The number of nitrogens with one attached hydrogen (secondary N) is 2. The molecular weight excluding hydrogens is 467 g/mol. The van der Waals surface area contributed by atoms with Gasteiger partial charge in [-0.3, -0.25) is 4.79 Å². The predicted molar refractivity (Wildman–Crippen MR) is 121 cm³/mol. The molecule has 1 amide bonds. The molecule has 0 spiro atoms. The molecule has 164 valence electrons. The number of benzene rings is 2. The van der Waals surface area contributed by atoms with E-state index in [0.717, 1.165) is 25.1 Å². The summed E-state index contributed by atoms with van der Waals surface area (Å²) in [4.78, 5) is 18.0. The summed E-state index contributed by atoms with van der Waals surface area (Å²) < 4.78 is 26.6. The highest BCUT2D eigenvalue weighted by molar-refractivity contribution is 9.10. The van der Waals surface area contributed by atoms with Crippen molar-refractivity contribution in [3.8, 4) is 5.75 Å². The second kappa shape index (κ2) is 9.23. The van der Waals surface area contributed by atoms with E-state index in [2.05, 4.69) is 31.6 Å². The molecule has 1 unspecified atom stereocenters. The van der Waals surface area contributed by atoms with Crippen LogP contribution in [0.3, 0.4) is 0 Å². The number of carbonyl (C=O) groups is 1. The van der Waals surface area contributed by atoms with Crippen molar-refractivity contribution in [1.82, 2.24) is 4.90 Å². The lowest BCUT2D eigenvalue weighted by Gasteiger charge is -2.34. The first-order chi connectivity index (χ1) is 15.0. The Hall–Kier alpha value is -2.65. The van der Waals surface area contributed by atoms with E-state index in [4.69, 9.17) is 9.47 Å². The van der Waals surface area contributed by atoms with Gasteiger partial charge in [-0.1, -0.05) is 15.9 Å². The van der Waals surface area contributed by atoms with Crippen LogP contribution in [0.1, 0.15) is 24.8 Å². The molecule has 0 aliphatic carbocycles. The van der Waals surface area contributed by atoms with Gasteiger partial charge in [-0.2, -0.15) is 0 Å². The Balaban J connectivity index is 1.45. The number of likely N-dealkylation sites (tertiary alicyclic amines) is 1. The molecule has 1 atom stereocenters. The van der Waals surface area contributed by atoms with Crippen LogP contribution >= 0.6 is 15.9 Å². The van der Waals surface area contributed by atoms with E-state index in [1.54, 1.807) is 12.1 Å². The van der Waals surface area contributed by atoms with Gasteiger partial charge in [0.25, 0.3) is 5.85 Å². The van der Waals surface area contributed by atoms with Gasteiger partial charge >= 0.3 is 0 Å². The number of hydrogen-bond donors (Lipinski definition) is 2. The molecule has 2 aromatic rings. The van der Waals surface area contributed by atoms with Crippen molar-refractivity contribution in [3.63, 3.8) is 0 Å². The average molecular weight is 491 g/mol. The number of amides is 1. The Morgan fingerprint density at radius 2 is 2.19 bits per heavy atom.